The highest BCUT2D eigenvalue weighted by Gasteiger charge is 2.35. The lowest BCUT2D eigenvalue weighted by Gasteiger charge is -2.20. The number of carbonyl (C=O) groups excluding carboxylic acids is 1. The van der Waals surface area contributed by atoms with Gasteiger partial charge >= 0.3 is 5.97 Å². The molecule has 1 unspecified atom stereocenters. The molecule has 0 aromatic rings. The second-order valence-corrected chi connectivity index (χ2v) is 3.87. The molecule has 1 heterocycles. The number of aliphatic imine (C=N–C) groups is 1. The molecule has 0 saturated carbocycles. The van der Waals surface area contributed by atoms with E-state index in [9.17, 15) is 4.79 Å². The number of esters is 1. The second kappa shape index (κ2) is 3.85. The van der Waals surface area contributed by atoms with Crippen LogP contribution in [0, 0.1) is 0 Å². The molecule has 4 heteroatoms. The van der Waals surface area contributed by atoms with Crippen molar-refractivity contribution in [1.29, 1.82) is 0 Å². The lowest BCUT2D eigenvalue weighted by molar-refractivity contribution is -0.143. The van der Waals surface area contributed by atoms with Crippen LogP contribution in [0.1, 0.15) is 13.3 Å². The van der Waals surface area contributed by atoms with Gasteiger partial charge in [-0.3, -0.25) is 9.79 Å². The monoisotopic (exact) mass is 231 g/mol. The highest BCUT2D eigenvalue weighted by molar-refractivity contribution is 9.10. The molecule has 1 aliphatic heterocycles. The first-order valence-corrected chi connectivity index (χ1v) is 4.54. The molecule has 3 nitrogen and oxygen atoms in total. The third kappa shape index (κ3) is 1.94. The van der Waals surface area contributed by atoms with Gasteiger partial charge in [-0.15, -0.1) is 0 Å². The Labute approximate surface area is 79.6 Å². The maximum absolute atomic E-state index is 11.3. The first-order chi connectivity index (χ1) is 5.69. The molecular weight excluding hydrogens is 222 g/mol. The molecule has 1 rings (SSSR count). The van der Waals surface area contributed by atoms with Crippen LogP contribution >= 0.6 is 15.9 Å². The highest BCUT2D eigenvalue weighted by atomic mass is 79.9. The normalized spacial score (nSPS) is 27.2. The van der Waals surface area contributed by atoms with Crippen molar-refractivity contribution in [2.24, 2.45) is 4.99 Å². The fourth-order valence-electron chi connectivity index (χ4n) is 0.886. The molecule has 66 valence electrons. The lowest BCUT2D eigenvalue weighted by Crippen LogP contribution is -2.35. The maximum atomic E-state index is 11.3. The van der Waals surface area contributed by atoms with Crippen LogP contribution in [0.25, 0.3) is 0 Å². The van der Waals surface area contributed by atoms with E-state index in [1.807, 2.05) is 6.08 Å². The van der Waals surface area contributed by atoms with Crippen LogP contribution < -0.4 is 0 Å². The van der Waals surface area contributed by atoms with Crippen molar-refractivity contribution in [3.8, 4) is 0 Å². The molecule has 0 aromatic carbocycles. The zero-order valence-electron chi connectivity index (χ0n) is 6.79. The Morgan fingerprint density at radius 1 is 1.83 bits per heavy atom. The van der Waals surface area contributed by atoms with Crippen LogP contribution in [0.4, 0.5) is 0 Å². The van der Waals surface area contributed by atoms with E-state index < -0.39 is 4.32 Å². The van der Waals surface area contributed by atoms with E-state index in [0.717, 1.165) is 0 Å². The molecular formula is C8H10BrNO2. The molecule has 0 N–H and O–H groups in total. The number of hydrogen-bond donors (Lipinski definition) is 0. The number of hydrogen-bond acceptors (Lipinski definition) is 3. The van der Waals surface area contributed by atoms with Gasteiger partial charge in [0.05, 0.1) is 6.61 Å². The molecule has 0 aliphatic carbocycles. The Balaban J connectivity index is 2.65. The molecule has 0 radical (unpaired) electrons. The topological polar surface area (TPSA) is 38.7 Å². The van der Waals surface area contributed by atoms with E-state index in [2.05, 4.69) is 20.9 Å². The van der Waals surface area contributed by atoms with Gasteiger partial charge in [-0.1, -0.05) is 22.0 Å². The Kier molecular flexibility index (Phi) is 3.03. The van der Waals surface area contributed by atoms with Gasteiger partial charge in [-0.25, -0.2) is 0 Å². The third-order valence-electron chi connectivity index (χ3n) is 1.50. The van der Waals surface area contributed by atoms with E-state index in [1.165, 1.54) is 0 Å². The fourth-order valence-corrected chi connectivity index (χ4v) is 1.31. The molecule has 0 spiro atoms. The number of ether oxygens (including phenoxy) is 1. The number of allylic oxidation sites excluding steroid dienone is 1. The van der Waals surface area contributed by atoms with Crippen molar-refractivity contribution in [2.45, 2.75) is 17.7 Å². The summed E-state index contributed by atoms with van der Waals surface area (Å²) in [6.45, 7) is 2.17. The minimum atomic E-state index is -0.738. The van der Waals surface area contributed by atoms with Crippen molar-refractivity contribution >= 4 is 28.1 Å². The molecule has 12 heavy (non-hydrogen) atoms. The van der Waals surface area contributed by atoms with Crippen LogP contribution in [0.2, 0.25) is 0 Å². The Bertz CT molecular complexity index is 237. The number of halogens is 1. The third-order valence-corrected chi connectivity index (χ3v) is 2.35. The molecule has 0 fully saturated rings. The summed E-state index contributed by atoms with van der Waals surface area (Å²) < 4.78 is 4.14. The predicted molar refractivity (Wildman–Crippen MR) is 50.5 cm³/mol. The predicted octanol–water partition coefficient (Wildman–Crippen LogP) is 1.67. The number of nitrogens with zero attached hydrogens (tertiary/aromatic N) is 1. The van der Waals surface area contributed by atoms with Gasteiger partial charge < -0.3 is 4.74 Å². The summed E-state index contributed by atoms with van der Waals surface area (Å²) in [6.07, 6.45) is 5.64. The van der Waals surface area contributed by atoms with Crippen LogP contribution in [0.3, 0.4) is 0 Å². The van der Waals surface area contributed by atoms with Gasteiger partial charge in [0, 0.05) is 12.4 Å². The maximum Gasteiger partial charge on any atom is 0.328 e. The van der Waals surface area contributed by atoms with Gasteiger partial charge in [-0.05, 0) is 13.3 Å². The Hall–Kier alpha value is -0.640. The molecule has 0 bridgehead atoms. The summed E-state index contributed by atoms with van der Waals surface area (Å²) in [5.41, 5.74) is 0. The molecule has 0 saturated heterocycles. The van der Waals surface area contributed by atoms with Crippen molar-refractivity contribution in [3.05, 3.63) is 12.3 Å². The van der Waals surface area contributed by atoms with Crippen molar-refractivity contribution in [3.63, 3.8) is 0 Å². The zero-order valence-corrected chi connectivity index (χ0v) is 8.37. The number of rotatable bonds is 2. The van der Waals surface area contributed by atoms with Crippen molar-refractivity contribution in [2.75, 3.05) is 6.61 Å². The molecule has 0 amide bonds. The molecule has 0 aromatic heterocycles. The first kappa shape index (κ1) is 9.45. The quantitative estimate of drug-likeness (QED) is 0.536. The second-order valence-electron chi connectivity index (χ2n) is 2.45. The summed E-state index contributed by atoms with van der Waals surface area (Å²) in [5.74, 6) is -0.280. The summed E-state index contributed by atoms with van der Waals surface area (Å²) in [4.78, 5) is 15.2. The van der Waals surface area contributed by atoms with Gasteiger partial charge in [0.1, 0.15) is 0 Å². The minimum Gasteiger partial charge on any atom is -0.465 e. The van der Waals surface area contributed by atoms with Crippen molar-refractivity contribution in [1.82, 2.24) is 0 Å². The van der Waals surface area contributed by atoms with E-state index in [0.29, 0.717) is 13.0 Å². The summed E-state index contributed by atoms with van der Waals surface area (Å²) in [6, 6.07) is 0. The van der Waals surface area contributed by atoms with Crippen LogP contribution in [-0.4, -0.2) is 23.1 Å². The van der Waals surface area contributed by atoms with E-state index in [1.54, 1.807) is 19.3 Å². The standard InChI is InChI=1S/C8H10BrNO2/c1-2-12-7(11)8(9)4-3-5-10-6-8/h3,5-6H,2,4H2,1H3. The average Bonchev–Trinajstić information content (AvgIpc) is 2.06. The zero-order chi connectivity index (χ0) is 9.03. The Morgan fingerprint density at radius 3 is 3.08 bits per heavy atom. The minimum absolute atomic E-state index is 0.280. The summed E-state index contributed by atoms with van der Waals surface area (Å²) >= 11 is 3.29. The van der Waals surface area contributed by atoms with E-state index in [4.69, 9.17) is 4.74 Å². The van der Waals surface area contributed by atoms with Gasteiger partial charge in [-0.2, -0.15) is 0 Å². The first-order valence-electron chi connectivity index (χ1n) is 3.74. The average molecular weight is 232 g/mol. The summed E-state index contributed by atoms with van der Waals surface area (Å²) in [7, 11) is 0. The molecule has 1 atom stereocenters. The highest BCUT2D eigenvalue weighted by Crippen LogP contribution is 2.25. The lowest BCUT2D eigenvalue weighted by atomic mass is 10.1. The number of carbonyl (C=O) groups is 1. The van der Waals surface area contributed by atoms with Crippen molar-refractivity contribution < 1.29 is 9.53 Å². The smallest absolute Gasteiger partial charge is 0.328 e. The van der Waals surface area contributed by atoms with Gasteiger partial charge in [0.25, 0.3) is 0 Å². The van der Waals surface area contributed by atoms with E-state index >= 15 is 0 Å². The van der Waals surface area contributed by atoms with Crippen LogP contribution in [-0.2, 0) is 9.53 Å². The fraction of sp³-hybridized carbons (Fsp3) is 0.500. The summed E-state index contributed by atoms with van der Waals surface area (Å²) in [5, 5.41) is 0. The molecule has 1 aliphatic rings. The Morgan fingerprint density at radius 2 is 2.58 bits per heavy atom. The van der Waals surface area contributed by atoms with Gasteiger partial charge in [0.15, 0.2) is 4.32 Å². The van der Waals surface area contributed by atoms with Crippen LogP contribution in [0.15, 0.2) is 17.3 Å². The number of alkyl halides is 1. The van der Waals surface area contributed by atoms with E-state index in [-0.39, 0.29) is 5.97 Å². The SMILES string of the molecule is CCOC(=O)C1(Br)C=NC=CC1. The van der Waals surface area contributed by atoms with Gasteiger partial charge in [0.2, 0.25) is 0 Å². The van der Waals surface area contributed by atoms with Crippen LogP contribution in [0.5, 0.6) is 0 Å². The largest absolute Gasteiger partial charge is 0.465 e.